The zero-order valence-electron chi connectivity index (χ0n) is 11.2. The quantitative estimate of drug-likeness (QED) is 0.665. The van der Waals surface area contributed by atoms with Crippen molar-refractivity contribution < 1.29 is 21.6 Å². The van der Waals surface area contributed by atoms with Gasteiger partial charge in [-0.3, -0.25) is 0 Å². The number of hydrogen-bond acceptors (Lipinski definition) is 5. The van der Waals surface area contributed by atoms with Crippen LogP contribution in [0.4, 0.5) is 0 Å². The van der Waals surface area contributed by atoms with E-state index < -0.39 is 19.9 Å². The summed E-state index contributed by atoms with van der Waals surface area (Å²) in [6.45, 7) is 1.77. The fourth-order valence-corrected chi connectivity index (χ4v) is 4.97. The topological polar surface area (TPSA) is 104 Å². The average molecular weight is 465 g/mol. The normalized spacial score (nSPS) is 12.4. The summed E-state index contributed by atoms with van der Waals surface area (Å²) in [6, 6.07) is 2.60. The second-order valence-corrected chi connectivity index (χ2v) is 9.84. The predicted molar refractivity (Wildman–Crippen MR) is 87.7 cm³/mol. The van der Waals surface area contributed by atoms with Crippen molar-refractivity contribution in [2.45, 2.75) is 18.2 Å². The lowest BCUT2D eigenvalue weighted by Crippen LogP contribution is -2.17. The molecule has 1 aromatic carbocycles. The zero-order chi connectivity index (χ0) is 16.3. The highest BCUT2D eigenvalue weighted by atomic mass is 79.9. The van der Waals surface area contributed by atoms with Gasteiger partial charge in [0.2, 0.25) is 10.0 Å². The highest BCUT2D eigenvalue weighted by molar-refractivity contribution is 9.11. The Labute approximate surface area is 141 Å². The number of benzene rings is 1. The molecule has 0 aromatic heterocycles. The molecule has 120 valence electrons. The van der Waals surface area contributed by atoms with E-state index in [4.69, 9.17) is 9.88 Å². The van der Waals surface area contributed by atoms with Crippen molar-refractivity contribution in [1.82, 2.24) is 0 Å². The molecule has 0 unspecified atom stereocenters. The highest BCUT2D eigenvalue weighted by Crippen LogP contribution is 2.35. The molecule has 0 amide bonds. The monoisotopic (exact) mass is 463 g/mol. The van der Waals surface area contributed by atoms with Gasteiger partial charge in [-0.15, -0.1) is 0 Å². The minimum absolute atomic E-state index is 0.0196. The van der Waals surface area contributed by atoms with E-state index in [1.165, 1.54) is 12.1 Å². The van der Waals surface area contributed by atoms with Gasteiger partial charge in [-0.25, -0.2) is 22.0 Å². The summed E-state index contributed by atoms with van der Waals surface area (Å²) in [5.74, 6) is 0.341. The summed E-state index contributed by atoms with van der Waals surface area (Å²) < 4.78 is 51.9. The third-order valence-corrected chi connectivity index (χ3v) is 6.35. The fraction of sp³-hybridized carbons (Fsp3) is 0.455. The molecule has 0 aliphatic rings. The maximum atomic E-state index is 11.6. The van der Waals surface area contributed by atoms with E-state index in [-0.39, 0.29) is 23.0 Å². The molecule has 0 heterocycles. The van der Waals surface area contributed by atoms with Crippen LogP contribution in [0.2, 0.25) is 0 Å². The number of rotatable bonds is 7. The fourth-order valence-electron chi connectivity index (χ4n) is 1.52. The van der Waals surface area contributed by atoms with Crippen LogP contribution in [0.25, 0.3) is 0 Å². The molecule has 2 N–H and O–H groups in total. The molecule has 0 atom stereocenters. The standard InChI is InChI=1S/C11H15Br2NO5S2/c1-2-4-20(15,16)5-3-19-11-9(12)6-8(7-10(11)13)21(14,17)18/h6-7H,2-5H2,1H3,(H2,14,17,18). The van der Waals surface area contributed by atoms with Gasteiger partial charge in [0.25, 0.3) is 0 Å². The number of sulfone groups is 1. The number of sulfonamides is 1. The van der Waals surface area contributed by atoms with Gasteiger partial charge < -0.3 is 4.74 Å². The molecule has 0 fully saturated rings. The van der Waals surface area contributed by atoms with Gasteiger partial charge in [0.15, 0.2) is 9.84 Å². The minimum Gasteiger partial charge on any atom is -0.490 e. The second kappa shape index (κ2) is 7.40. The van der Waals surface area contributed by atoms with Gasteiger partial charge in [-0.2, -0.15) is 0 Å². The first-order chi connectivity index (χ1) is 9.57. The maximum Gasteiger partial charge on any atom is 0.238 e. The predicted octanol–water partition coefficient (Wildman–Crippen LogP) is 2.06. The van der Waals surface area contributed by atoms with Crippen molar-refractivity contribution in [3.05, 3.63) is 21.1 Å². The van der Waals surface area contributed by atoms with Gasteiger partial charge >= 0.3 is 0 Å². The van der Waals surface area contributed by atoms with Crippen molar-refractivity contribution in [2.24, 2.45) is 5.14 Å². The van der Waals surface area contributed by atoms with Crippen LogP contribution >= 0.6 is 31.9 Å². The van der Waals surface area contributed by atoms with Crippen LogP contribution in [0, 0.1) is 0 Å². The summed E-state index contributed by atoms with van der Waals surface area (Å²) in [5.41, 5.74) is 0. The van der Waals surface area contributed by atoms with Crippen molar-refractivity contribution >= 4 is 51.7 Å². The number of nitrogens with two attached hydrogens (primary N) is 1. The Kier molecular flexibility index (Phi) is 6.66. The molecular formula is C11H15Br2NO5S2. The molecule has 10 heteroatoms. The molecule has 0 radical (unpaired) electrons. The zero-order valence-corrected chi connectivity index (χ0v) is 16.0. The molecular weight excluding hydrogens is 450 g/mol. The lowest BCUT2D eigenvalue weighted by molar-refractivity contribution is 0.336. The van der Waals surface area contributed by atoms with E-state index >= 15 is 0 Å². The molecule has 0 saturated heterocycles. The molecule has 1 rings (SSSR count). The summed E-state index contributed by atoms with van der Waals surface area (Å²) in [5, 5.41) is 5.05. The largest absolute Gasteiger partial charge is 0.490 e. The van der Waals surface area contributed by atoms with E-state index in [2.05, 4.69) is 31.9 Å². The van der Waals surface area contributed by atoms with E-state index in [9.17, 15) is 16.8 Å². The van der Waals surface area contributed by atoms with Crippen molar-refractivity contribution in [1.29, 1.82) is 0 Å². The molecule has 0 bridgehead atoms. The third-order valence-electron chi connectivity index (χ3n) is 2.46. The van der Waals surface area contributed by atoms with Gasteiger partial charge in [-0.1, -0.05) is 6.92 Å². The van der Waals surface area contributed by atoms with Crippen LogP contribution in [0.1, 0.15) is 13.3 Å². The van der Waals surface area contributed by atoms with Crippen LogP contribution in [0.15, 0.2) is 26.0 Å². The lowest BCUT2D eigenvalue weighted by Gasteiger charge is -2.11. The Morgan fingerprint density at radius 3 is 2.05 bits per heavy atom. The lowest BCUT2D eigenvalue weighted by atomic mass is 10.3. The van der Waals surface area contributed by atoms with Gasteiger partial charge in [-0.05, 0) is 50.4 Å². The molecule has 21 heavy (non-hydrogen) atoms. The maximum absolute atomic E-state index is 11.6. The summed E-state index contributed by atoms with van der Waals surface area (Å²) in [7, 11) is -6.96. The summed E-state index contributed by atoms with van der Waals surface area (Å²) in [4.78, 5) is -0.0767. The van der Waals surface area contributed by atoms with Crippen LogP contribution in [0.5, 0.6) is 5.75 Å². The van der Waals surface area contributed by atoms with E-state index in [1.807, 2.05) is 0 Å². The first-order valence-electron chi connectivity index (χ1n) is 5.92. The van der Waals surface area contributed by atoms with E-state index in [0.29, 0.717) is 21.1 Å². The first-order valence-corrected chi connectivity index (χ1v) is 10.9. The molecule has 6 nitrogen and oxygen atoms in total. The van der Waals surface area contributed by atoms with Crippen LogP contribution in [0.3, 0.4) is 0 Å². The van der Waals surface area contributed by atoms with Crippen molar-refractivity contribution in [3.8, 4) is 5.75 Å². The molecule has 0 aliphatic heterocycles. The Bertz CT molecular complexity index is 693. The smallest absolute Gasteiger partial charge is 0.238 e. The molecule has 0 aliphatic carbocycles. The SMILES string of the molecule is CCCS(=O)(=O)CCOc1c(Br)cc(S(N)(=O)=O)cc1Br. The number of hydrogen-bond donors (Lipinski definition) is 1. The number of ether oxygens (including phenoxy) is 1. The van der Waals surface area contributed by atoms with Crippen LogP contribution < -0.4 is 9.88 Å². The van der Waals surface area contributed by atoms with Crippen molar-refractivity contribution in [2.75, 3.05) is 18.1 Å². The Morgan fingerprint density at radius 2 is 1.62 bits per heavy atom. The third kappa shape index (κ3) is 5.85. The average Bonchev–Trinajstić information content (AvgIpc) is 2.31. The summed E-state index contributed by atoms with van der Waals surface area (Å²) >= 11 is 6.35. The van der Waals surface area contributed by atoms with Gasteiger partial charge in [0.05, 0.1) is 25.3 Å². The van der Waals surface area contributed by atoms with Gasteiger partial charge in [0, 0.05) is 0 Å². The minimum atomic E-state index is -3.83. The summed E-state index contributed by atoms with van der Waals surface area (Å²) in [6.07, 6.45) is 0.554. The second-order valence-electron chi connectivity index (χ2n) is 4.26. The van der Waals surface area contributed by atoms with Crippen molar-refractivity contribution in [3.63, 3.8) is 0 Å². The molecule has 1 aromatic rings. The Morgan fingerprint density at radius 1 is 1.10 bits per heavy atom. The van der Waals surface area contributed by atoms with Crippen LogP contribution in [-0.2, 0) is 19.9 Å². The first kappa shape index (κ1) is 18.9. The van der Waals surface area contributed by atoms with E-state index in [0.717, 1.165) is 0 Å². The van der Waals surface area contributed by atoms with Gasteiger partial charge in [0.1, 0.15) is 12.4 Å². The Hall–Kier alpha value is -0.160. The molecule has 0 saturated carbocycles. The number of halogens is 2. The molecule has 0 spiro atoms. The van der Waals surface area contributed by atoms with Crippen LogP contribution in [-0.4, -0.2) is 34.9 Å². The highest BCUT2D eigenvalue weighted by Gasteiger charge is 2.16. The van der Waals surface area contributed by atoms with E-state index in [1.54, 1.807) is 6.92 Å². The Balaban J connectivity index is 2.87. The number of primary sulfonamides is 1.